The summed E-state index contributed by atoms with van der Waals surface area (Å²) in [6.07, 6.45) is 2.02. The maximum atomic E-state index is 11.4. The molecule has 2 rings (SSSR count). The van der Waals surface area contributed by atoms with Gasteiger partial charge in [0.05, 0.1) is 5.75 Å². The third kappa shape index (κ3) is 4.93. The minimum absolute atomic E-state index is 0.168. The van der Waals surface area contributed by atoms with Crippen molar-refractivity contribution in [1.82, 2.24) is 14.7 Å². The number of amides is 1. The van der Waals surface area contributed by atoms with Crippen LogP contribution in [-0.2, 0) is 14.6 Å². The Balaban J connectivity index is 1.78. The number of hydrogen-bond acceptors (Lipinski definition) is 5. The fourth-order valence-corrected chi connectivity index (χ4v) is 4.28. The number of nitrogens with zero attached hydrogens (tertiary/aromatic N) is 3. The molecule has 2 saturated heterocycles. The first-order chi connectivity index (χ1) is 10.3. The first-order valence-corrected chi connectivity index (χ1v) is 10.2. The summed E-state index contributed by atoms with van der Waals surface area (Å²) in [7, 11) is -2.85. The van der Waals surface area contributed by atoms with E-state index < -0.39 is 9.84 Å². The molecule has 128 valence electrons. The van der Waals surface area contributed by atoms with E-state index in [1.807, 2.05) is 4.90 Å². The van der Waals surface area contributed by atoms with Crippen LogP contribution in [0.2, 0.25) is 0 Å². The second-order valence-electron chi connectivity index (χ2n) is 6.83. The third-order valence-electron chi connectivity index (χ3n) is 4.87. The molecule has 0 spiro atoms. The normalized spacial score (nSPS) is 28.2. The lowest BCUT2D eigenvalue weighted by Crippen LogP contribution is -2.53. The smallest absolute Gasteiger partial charge is 0.219 e. The maximum absolute atomic E-state index is 11.4. The number of carbonyl (C=O) groups excluding carboxylic acids is 1. The van der Waals surface area contributed by atoms with Gasteiger partial charge in [-0.15, -0.1) is 0 Å². The summed E-state index contributed by atoms with van der Waals surface area (Å²) in [5.41, 5.74) is 0. The van der Waals surface area contributed by atoms with E-state index in [1.165, 1.54) is 6.26 Å². The van der Waals surface area contributed by atoms with Gasteiger partial charge in [0, 0.05) is 58.5 Å². The van der Waals surface area contributed by atoms with Crippen LogP contribution in [0.25, 0.3) is 0 Å². The van der Waals surface area contributed by atoms with E-state index in [1.54, 1.807) is 6.92 Å². The van der Waals surface area contributed by atoms with Gasteiger partial charge >= 0.3 is 0 Å². The zero-order valence-corrected chi connectivity index (χ0v) is 14.8. The molecule has 0 unspecified atom stereocenters. The average Bonchev–Trinajstić information content (AvgIpc) is 2.78. The Labute approximate surface area is 134 Å². The summed E-state index contributed by atoms with van der Waals surface area (Å²) < 4.78 is 22.4. The number of piperazine rings is 1. The van der Waals surface area contributed by atoms with Crippen molar-refractivity contribution in [1.29, 1.82) is 0 Å². The van der Waals surface area contributed by atoms with Crippen molar-refractivity contribution in [2.45, 2.75) is 26.3 Å². The van der Waals surface area contributed by atoms with Gasteiger partial charge in [-0.25, -0.2) is 8.42 Å². The van der Waals surface area contributed by atoms with Gasteiger partial charge in [0.25, 0.3) is 0 Å². The number of carbonyl (C=O) groups is 1. The molecule has 2 aliphatic heterocycles. The Kier molecular flexibility index (Phi) is 5.85. The van der Waals surface area contributed by atoms with E-state index in [9.17, 15) is 13.2 Å². The quantitative estimate of drug-likeness (QED) is 0.704. The highest BCUT2D eigenvalue weighted by Crippen LogP contribution is 2.23. The molecule has 0 aromatic rings. The molecular weight excluding hydrogens is 302 g/mol. The molecule has 7 heteroatoms. The highest BCUT2D eigenvalue weighted by Gasteiger charge is 2.35. The van der Waals surface area contributed by atoms with Gasteiger partial charge in [0.1, 0.15) is 9.84 Å². The molecule has 6 nitrogen and oxygen atoms in total. The highest BCUT2D eigenvalue weighted by molar-refractivity contribution is 7.90. The van der Waals surface area contributed by atoms with Crippen molar-refractivity contribution < 1.29 is 13.2 Å². The molecule has 1 amide bonds. The molecular formula is C15H29N3O3S. The molecule has 2 heterocycles. The van der Waals surface area contributed by atoms with Crippen LogP contribution < -0.4 is 0 Å². The highest BCUT2D eigenvalue weighted by atomic mass is 32.2. The number of hydrogen-bond donors (Lipinski definition) is 0. The molecule has 0 bridgehead atoms. The van der Waals surface area contributed by atoms with Crippen molar-refractivity contribution in [2.75, 3.05) is 57.8 Å². The van der Waals surface area contributed by atoms with Crippen LogP contribution in [0.15, 0.2) is 0 Å². The van der Waals surface area contributed by atoms with Crippen LogP contribution in [0, 0.1) is 5.92 Å². The molecule has 0 saturated carbocycles. The lowest BCUT2D eigenvalue weighted by molar-refractivity contribution is -0.130. The Morgan fingerprint density at radius 1 is 1.14 bits per heavy atom. The van der Waals surface area contributed by atoms with E-state index in [0.717, 1.165) is 52.2 Å². The lowest BCUT2D eigenvalue weighted by Gasteiger charge is -2.39. The number of rotatable bonds is 5. The Morgan fingerprint density at radius 3 is 2.32 bits per heavy atom. The Bertz CT molecular complexity index is 486. The monoisotopic (exact) mass is 331 g/mol. The van der Waals surface area contributed by atoms with Gasteiger partial charge < -0.3 is 9.80 Å². The first kappa shape index (κ1) is 17.7. The summed E-state index contributed by atoms with van der Waals surface area (Å²) in [5, 5.41) is 0. The van der Waals surface area contributed by atoms with E-state index >= 15 is 0 Å². The summed E-state index contributed by atoms with van der Waals surface area (Å²) in [5.74, 6) is 1.04. The molecule has 0 aromatic heterocycles. The van der Waals surface area contributed by atoms with E-state index in [-0.39, 0.29) is 11.7 Å². The molecule has 2 atom stereocenters. The van der Waals surface area contributed by atoms with Crippen molar-refractivity contribution in [3.63, 3.8) is 0 Å². The predicted molar refractivity (Wildman–Crippen MR) is 87.5 cm³/mol. The topological polar surface area (TPSA) is 60.9 Å². The van der Waals surface area contributed by atoms with Crippen molar-refractivity contribution in [3.05, 3.63) is 0 Å². The standard InChI is InChI=1S/C15H29N3O3S/c1-13-11-16(5-4-10-22(3,20)21)12-15(13)18-8-6-17(7-9-18)14(2)19/h13,15H,4-12H2,1-3H3/t13-,15+/m1/s1. The summed E-state index contributed by atoms with van der Waals surface area (Å²) >= 11 is 0. The number of likely N-dealkylation sites (tertiary alicyclic amines) is 1. The molecule has 0 radical (unpaired) electrons. The van der Waals surface area contributed by atoms with Crippen molar-refractivity contribution >= 4 is 15.7 Å². The minimum atomic E-state index is -2.85. The second-order valence-corrected chi connectivity index (χ2v) is 9.09. The van der Waals surface area contributed by atoms with Crippen LogP contribution in [0.5, 0.6) is 0 Å². The third-order valence-corrected chi connectivity index (χ3v) is 5.90. The minimum Gasteiger partial charge on any atom is -0.340 e. The second kappa shape index (κ2) is 7.27. The fraction of sp³-hybridized carbons (Fsp3) is 0.933. The maximum Gasteiger partial charge on any atom is 0.219 e. The SMILES string of the molecule is CC(=O)N1CCN([C@H]2CN(CCCS(C)(=O)=O)C[C@H]2C)CC1. The summed E-state index contributed by atoms with van der Waals surface area (Å²) in [4.78, 5) is 18.2. The molecule has 0 N–H and O–H groups in total. The molecule has 0 aromatic carbocycles. The van der Waals surface area contributed by atoms with Gasteiger partial charge in [0.15, 0.2) is 0 Å². The predicted octanol–water partition coefficient (Wildman–Crippen LogP) is -0.0945. The largest absolute Gasteiger partial charge is 0.340 e. The van der Waals surface area contributed by atoms with Crippen LogP contribution >= 0.6 is 0 Å². The van der Waals surface area contributed by atoms with E-state index in [4.69, 9.17) is 0 Å². The Morgan fingerprint density at radius 2 is 1.77 bits per heavy atom. The van der Waals surface area contributed by atoms with Crippen LogP contribution in [0.1, 0.15) is 20.3 Å². The van der Waals surface area contributed by atoms with Gasteiger partial charge in [-0.2, -0.15) is 0 Å². The number of sulfone groups is 1. The lowest BCUT2D eigenvalue weighted by atomic mass is 10.0. The zero-order valence-electron chi connectivity index (χ0n) is 14.0. The van der Waals surface area contributed by atoms with Gasteiger partial charge in [-0.05, 0) is 18.9 Å². The summed E-state index contributed by atoms with van der Waals surface area (Å²) in [6, 6.07) is 0.535. The van der Waals surface area contributed by atoms with E-state index in [0.29, 0.717) is 12.0 Å². The van der Waals surface area contributed by atoms with Crippen LogP contribution in [0.4, 0.5) is 0 Å². The van der Waals surface area contributed by atoms with Gasteiger partial charge in [-0.1, -0.05) is 6.92 Å². The van der Waals surface area contributed by atoms with Gasteiger partial charge in [0.2, 0.25) is 5.91 Å². The molecule has 2 aliphatic rings. The molecule has 2 fully saturated rings. The fourth-order valence-electron chi connectivity index (χ4n) is 3.62. The summed E-state index contributed by atoms with van der Waals surface area (Å²) in [6.45, 7) is 10.4. The average molecular weight is 331 g/mol. The zero-order chi connectivity index (χ0) is 16.3. The van der Waals surface area contributed by atoms with Crippen LogP contribution in [-0.4, -0.2) is 92.9 Å². The van der Waals surface area contributed by atoms with Crippen molar-refractivity contribution in [3.8, 4) is 0 Å². The van der Waals surface area contributed by atoms with Gasteiger partial charge in [-0.3, -0.25) is 9.69 Å². The molecule has 22 heavy (non-hydrogen) atoms. The van der Waals surface area contributed by atoms with Crippen molar-refractivity contribution in [2.24, 2.45) is 5.92 Å². The van der Waals surface area contributed by atoms with E-state index in [2.05, 4.69) is 16.7 Å². The Hall–Kier alpha value is -0.660. The first-order valence-electron chi connectivity index (χ1n) is 8.16. The van der Waals surface area contributed by atoms with Crippen LogP contribution in [0.3, 0.4) is 0 Å². The molecule has 0 aliphatic carbocycles.